The lowest BCUT2D eigenvalue weighted by atomic mass is 9.71. The molecule has 5 N–H and O–H groups in total. The summed E-state index contributed by atoms with van der Waals surface area (Å²) in [6.07, 6.45) is -0.623. The molecule has 0 aromatic heterocycles. The van der Waals surface area contributed by atoms with E-state index in [1.165, 1.54) is 12.1 Å². The maximum atomic E-state index is 12.9. The Balaban J connectivity index is 1.56. The van der Waals surface area contributed by atoms with Crippen molar-refractivity contribution in [1.82, 2.24) is 10.0 Å². The summed E-state index contributed by atoms with van der Waals surface area (Å²) in [7, 11) is 0. The summed E-state index contributed by atoms with van der Waals surface area (Å²) in [5.41, 5.74) is 6.83. The van der Waals surface area contributed by atoms with Crippen LogP contribution in [0, 0.1) is 5.41 Å². The van der Waals surface area contributed by atoms with Crippen LogP contribution >= 0.6 is 11.1 Å². The normalized spacial score (nSPS) is 21.2. The van der Waals surface area contributed by atoms with Gasteiger partial charge in [-0.1, -0.05) is 25.3 Å². The van der Waals surface area contributed by atoms with E-state index in [0.29, 0.717) is 11.5 Å². The Bertz CT molecular complexity index is 922. The summed E-state index contributed by atoms with van der Waals surface area (Å²) in [4.78, 5) is 35.9. The lowest BCUT2D eigenvalue weighted by Gasteiger charge is -2.37. The second kappa shape index (κ2) is 10.9. The largest absolute Gasteiger partial charge is 0.573 e. The number of alkyl halides is 3. The lowest BCUT2D eigenvalue weighted by Crippen LogP contribution is -2.47. The average Bonchev–Trinajstić information content (AvgIpc) is 3.12. The molecule has 12 heteroatoms. The van der Waals surface area contributed by atoms with Crippen molar-refractivity contribution in [2.75, 3.05) is 6.54 Å². The predicted octanol–water partition coefficient (Wildman–Crippen LogP) is 2.89. The maximum Gasteiger partial charge on any atom is 0.573 e. The summed E-state index contributed by atoms with van der Waals surface area (Å²) >= 11 is -0.957. The number of ether oxygens (including phenoxy) is 1. The molecule has 1 unspecified atom stereocenters. The zero-order chi connectivity index (χ0) is 24.9. The van der Waals surface area contributed by atoms with Gasteiger partial charge in [-0.3, -0.25) is 14.4 Å². The standard InChI is InChI=1S/C22H30F3N3O5S/c23-22(24,25)33-16-5-4-14-11-34(12-15(14)8-16)28-18(29)10-21(6-2-1-3-7-21)13-27-20(32)17(26)9-19(30)31/h4-5,8,17,34H,1-3,6-7,9-13,26H2,(H,27,32)(H,28,29)(H,30,31)/t17-/m0/s1. The van der Waals surface area contributed by atoms with Crippen molar-refractivity contribution in [2.45, 2.75) is 68.9 Å². The number of thiol groups is 1. The van der Waals surface area contributed by atoms with Gasteiger partial charge in [0.1, 0.15) is 5.75 Å². The van der Waals surface area contributed by atoms with E-state index in [4.69, 9.17) is 10.8 Å². The Morgan fingerprint density at radius 3 is 2.47 bits per heavy atom. The fraction of sp³-hybridized carbons (Fsp3) is 0.591. The number of fused-ring (bicyclic) bond motifs is 1. The molecule has 1 fully saturated rings. The quantitative estimate of drug-likeness (QED) is 0.328. The summed E-state index contributed by atoms with van der Waals surface area (Å²) in [6.45, 7) is 0.239. The number of aliphatic carboxylic acids is 1. The molecule has 190 valence electrons. The molecule has 0 radical (unpaired) electrons. The van der Waals surface area contributed by atoms with Crippen molar-refractivity contribution in [3.63, 3.8) is 0 Å². The van der Waals surface area contributed by atoms with Gasteiger partial charge in [0.15, 0.2) is 0 Å². The van der Waals surface area contributed by atoms with Crippen LogP contribution < -0.4 is 20.5 Å². The maximum absolute atomic E-state index is 12.9. The molecule has 0 spiro atoms. The molecule has 2 amide bonds. The first-order chi connectivity index (χ1) is 15.9. The van der Waals surface area contributed by atoms with E-state index in [2.05, 4.69) is 14.8 Å². The van der Waals surface area contributed by atoms with Crippen LogP contribution in [0.5, 0.6) is 5.75 Å². The molecule has 3 rings (SSSR count). The van der Waals surface area contributed by atoms with Crippen LogP contribution in [-0.2, 0) is 25.9 Å². The van der Waals surface area contributed by atoms with Crippen LogP contribution in [0.15, 0.2) is 18.2 Å². The molecule has 2 atom stereocenters. The average molecular weight is 506 g/mol. The summed E-state index contributed by atoms with van der Waals surface area (Å²) < 4.78 is 44.5. The van der Waals surface area contributed by atoms with Crippen molar-refractivity contribution in [2.24, 2.45) is 11.1 Å². The highest BCUT2D eigenvalue weighted by Crippen LogP contribution is 2.43. The second-order valence-electron chi connectivity index (χ2n) is 9.03. The Morgan fingerprint density at radius 1 is 1.15 bits per heavy atom. The third-order valence-corrected chi connectivity index (χ3v) is 8.25. The highest BCUT2D eigenvalue weighted by molar-refractivity contribution is 8.14. The second-order valence-corrected chi connectivity index (χ2v) is 11.0. The van der Waals surface area contributed by atoms with E-state index in [0.717, 1.165) is 43.2 Å². The highest BCUT2D eigenvalue weighted by atomic mass is 32.2. The minimum absolute atomic E-state index is 0.156. The Morgan fingerprint density at radius 2 is 1.82 bits per heavy atom. The smallest absolute Gasteiger partial charge is 0.481 e. The molecular weight excluding hydrogens is 475 g/mol. The number of carboxylic acids is 1. The minimum Gasteiger partial charge on any atom is -0.481 e. The molecule has 34 heavy (non-hydrogen) atoms. The van der Waals surface area contributed by atoms with Crippen LogP contribution in [0.3, 0.4) is 0 Å². The van der Waals surface area contributed by atoms with Crippen molar-refractivity contribution in [1.29, 1.82) is 0 Å². The molecule has 2 aliphatic rings. The number of carbonyl (C=O) groups excluding carboxylic acids is 2. The van der Waals surface area contributed by atoms with Gasteiger partial charge >= 0.3 is 12.3 Å². The number of hydrogen-bond donors (Lipinski definition) is 5. The van der Waals surface area contributed by atoms with E-state index >= 15 is 0 Å². The third-order valence-electron chi connectivity index (χ3n) is 6.24. The van der Waals surface area contributed by atoms with E-state index in [9.17, 15) is 27.6 Å². The van der Waals surface area contributed by atoms with Crippen LogP contribution in [0.2, 0.25) is 0 Å². The molecule has 0 bridgehead atoms. The first-order valence-corrected chi connectivity index (χ1v) is 12.8. The molecule has 0 saturated heterocycles. The summed E-state index contributed by atoms with van der Waals surface area (Å²) in [5.74, 6) is -1.09. The van der Waals surface area contributed by atoms with Crippen LogP contribution in [0.4, 0.5) is 13.2 Å². The van der Waals surface area contributed by atoms with Gasteiger partial charge in [-0.15, -0.1) is 13.2 Å². The predicted molar refractivity (Wildman–Crippen MR) is 121 cm³/mol. The van der Waals surface area contributed by atoms with Gasteiger partial charge in [-0.05, 0) is 41.5 Å². The van der Waals surface area contributed by atoms with Crippen molar-refractivity contribution < 1.29 is 37.4 Å². The van der Waals surface area contributed by atoms with Crippen LogP contribution in [-0.4, -0.2) is 41.8 Å². The van der Waals surface area contributed by atoms with Gasteiger partial charge in [0.2, 0.25) is 11.8 Å². The van der Waals surface area contributed by atoms with Crippen molar-refractivity contribution in [3.05, 3.63) is 29.3 Å². The number of rotatable bonds is 9. The third kappa shape index (κ3) is 7.52. The number of halogens is 3. The molecular formula is C22H30F3N3O5S. The van der Waals surface area contributed by atoms with Gasteiger partial charge in [-0.25, -0.2) is 0 Å². The lowest BCUT2D eigenvalue weighted by molar-refractivity contribution is -0.274. The molecule has 8 nitrogen and oxygen atoms in total. The Kier molecular flexibility index (Phi) is 8.34. The zero-order valence-corrected chi connectivity index (χ0v) is 19.5. The first kappa shape index (κ1) is 26.1. The topological polar surface area (TPSA) is 131 Å². The number of carbonyl (C=O) groups is 3. The molecule has 1 saturated carbocycles. The van der Waals surface area contributed by atoms with Gasteiger partial charge in [-0.2, -0.15) is 11.1 Å². The van der Waals surface area contributed by atoms with Crippen molar-refractivity contribution in [3.8, 4) is 5.75 Å². The number of benzene rings is 1. The molecule has 1 heterocycles. The van der Waals surface area contributed by atoms with E-state index in [1.54, 1.807) is 6.07 Å². The molecule has 1 aromatic rings. The summed E-state index contributed by atoms with van der Waals surface area (Å²) in [5, 5.41) is 11.5. The highest BCUT2D eigenvalue weighted by Gasteiger charge is 2.36. The minimum atomic E-state index is -4.76. The first-order valence-electron chi connectivity index (χ1n) is 11.1. The van der Waals surface area contributed by atoms with Gasteiger partial charge in [0, 0.05) is 24.5 Å². The monoisotopic (exact) mass is 505 g/mol. The number of hydrogen-bond acceptors (Lipinski definition) is 5. The van der Waals surface area contributed by atoms with Crippen LogP contribution in [0.1, 0.15) is 56.1 Å². The van der Waals surface area contributed by atoms with Crippen LogP contribution in [0.25, 0.3) is 0 Å². The molecule has 1 aliphatic carbocycles. The van der Waals surface area contributed by atoms with E-state index < -0.39 is 47.2 Å². The Labute approximate surface area is 198 Å². The summed E-state index contributed by atoms with van der Waals surface area (Å²) in [6, 6.07) is 3.10. The molecule has 1 aromatic carbocycles. The zero-order valence-electron chi connectivity index (χ0n) is 18.6. The SMILES string of the molecule is N[C@@H](CC(=O)O)C(=O)NCC1(CC(=O)N[SH]2Cc3ccc(OC(F)(F)F)cc3C2)CCCCC1. The number of carboxylic acid groups (broad SMARTS) is 1. The molecule has 1 aliphatic heterocycles. The van der Waals surface area contributed by atoms with Gasteiger partial charge < -0.3 is 25.6 Å². The fourth-order valence-corrected chi connectivity index (χ4v) is 6.73. The number of nitrogens with two attached hydrogens (primary N) is 1. The number of nitrogens with one attached hydrogen (secondary N) is 2. The number of amides is 2. The van der Waals surface area contributed by atoms with Gasteiger partial charge in [0.05, 0.1) is 12.5 Å². The van der Waals surface area contributed by atoms with Crippen molar-refractivity contribution >= 4 is 28.9 Å². The van der Waals surface area contributed by atoms with E-state index in [-0.39, 0.29) is 24.6 Å². The Hall–Kier alpha value is -2.47. The van der Waals surface area contributed by atoms with E-state index in [1.807, 2.05) is 0 Å². The fourth-order valence-electron chi connectivity index (χ4n) is 4.61. The van der Waals surface area contributed by atoms with Gasteiger partial charge in [0.25, 0.3) is 0 Å².